The minimum Gasteiger partial charge on any atom is -0.359 e. The summed E-state index contributed by atoms with van der Waals surface area (Å²) in [6.45, 7) is 4.31. The predicted octanol–water partition coefficient (Wildman–Crippen LogP) is 6.71. The van der Waals surface area contributed by atoms with Crippen LogP contribution >= 0.6 is 23.6 Å². The van der Waals surface area contributed by atoms with Gasteiger partial charge in [-0.3, -0.25) is 4.79 Å². The summed E-state index contributed by atoms with van der Waals surface area (Å²) in [5.74, 6) is -0.146. The first-order valence-electron chi connectivity index (χ1n) is 11.9. The lowest BCUT2D eigenvalue weighted by atomic mass is 9.98. The van der Waals surface area contributed by atoms with Crippen LogP contribution < -0.4 is 10.6 Å². The highest BCUT2D eigenvalue weighted by atomic mass is 32.1. The van der Waals surface area contributed by atoms with E-state index in [4.69, 9.17) is 12.2 Å². The number of thiazole rings is 1. The zero-order valence-corrected chi connectivity index (χ0v) is 21.8. The van der Waals surface area contributed by atoms with E-state index >= 15 is 0 Å². The molecule has 1 fully saturated rings. The van der Waals surface area contributed by atoms with E-state index in [-0.39, 0.29) is 5.92 Å². The zero-order chi connectivity index (χ0) is 26.4. The molecular weight excluding hydrogens is 517 g/mol. The number of halogens is 3. The number of hydrogen-bond donors (Lipinski definition) is 2. The average molecular weight is 545 g/mol. The molecule has 2 heterocycles. The van der Waals surface area contributed by atoms with Crippen LogP contribution in [0.25, 0.3) is 11.1 Å². The van der Waals surface area contributed by atoms with Gasteiger partial charge in [0.15, 0.2) is 5.11 Å². The highest BCUT2D eigenvalue weighted by Gasteiger charge is 2.30. The molecule has 0 aliphatic carbocycles. The van der Waals surface area contributed by atoms with Crippen LogP contribution in [0.5, 0.6) is 0 Å². The standard InChI is InChI=1S/C27H27F3N4OS2/c1-2-3-13-31-26(36)34-14-11-18(12-15-34)25-33-23(17-37-25)24(35)32-22-10-5-4-9-21(22)19-7-6-8-20(16-19)27(28,29)30/h2-10,16-18H,11-15H2,1H3,(H,31,36)(H,32,35). The van der Waals surface area contributed by atoms with Crippen molar-refractivity contribution in [2.45, 2.75) is 31.9 Å². The molecule has 1 aliphatic rings. The SMILES string of the molecule is CC=CCNC(=S)N1CCC(c2nc(C(=O)Nc3ccccc3-c3cccc(C(F)(F)F)c3)cs2)CC1. The quantitative estimate of drug-likeness (QED) is 0.267. The largest absolute Gasteiger partial charge is 0.416 e. The Hall–Kier alpha value is -3.24. The molecule has 1 saturated heterocycles. The molecule has 0 atom stereocenters. The molecule has 1 amide bonds. The number of likely N-dealkylation sites (tertiary alicyclic amines) is 1. The average Bonchev–Trinajstić information content (AvgIpc) is 3.39. The highest BCUT2D eigenvalue weighted by molar-refractivity contribution is 7.80. The van der Waals surface area contributed by atoms with Crippen molar-refractivity contribution in [3.8, 4) is 11.1 Å². The van der Waals surface area contributed by atoms with Crippen LogP contribution in [0.1, 0.15) is 46.7 Å². The fourth-order valence-corrected chi connectivity index (χ4v) is 5.42. The van der Waals surface area contributed by atoms with Crippen LogP contribution in [0, 0.1) is 0 Å². The van der Waals surface area contributed by atoms with Crippen molar-refractivity contribution in [2.24, 2.45) is 0 Å². The predicted molar refractivity (Wildman–Crippen MR) is 146 cm³/mol. The van der Waals surface area contributed by atoms with Crippen molar-refractivity contribution in [3.63, 3.8) is 0 Å². The van der Waals surface area contributed by atoms with Crippen molar-refractivity contribution in [2.75, 3.05) is 25.0 Å². The Morgan fingerprint density at radius 3 is 2.68 bits per heavy atom. The number of alkyl halides is 3. The van der Waals surface area contributed by atoms with E-state index in [0.29, 0.717) is 29.1 Å². The van der Waals surface area contributed by atoms with Gasteiger partial charge in [-0.1, -0.05) is 42.5 Å². The van der Waals surface area contributed by atoms with Crippen molar-refractivity contribution >= 4 is 40.3 Å². The molecule has 0 spiro atoms. The summed E-state index contributed by atoms with van der Waals surface area (Å²) in [6, 6.07) is 11.9. The van der Waals surface area contributed by atoms with E-state index < -0.39 is 17.6 Å². The molecule has 37 heavy (non-hydrogen) atoms. The maximum atomic E-state index is 13.2. The summed E-state index contributed by atoms with van der Waals surface area (Å²) < 4.78 is 39.6. The topological polar surface area (TPSA) is 57.3 Å². The van der Waals surface area contributed by atoms with E-state index in [9.17, 15) is 18.0 Å². The molecule has 0 bridgehead atoms. The number of anilines is 1. The number of hydrogen-bond acceptors (Lipinski definition) is 4. The summed E-state index contributed by atoms with van der Waals surface area (Å²) in [5.41, 5.74) is 0.854. The van der Waals surface area contributed by atoms with E-state index in [2.05, 4.69) is 20.5 Å². The molecule has 194 valence electrons. The minimum absolute atomic E-state index is 0.249. The lowest BCUT2D eigenvalue weighted by Crippen LogP contribution is -2.43. The first-order valence-corrected chi connectivity index (χ1v) is 13.2. The maximum Gasteiger partial charge on any atom is 0.416 e. The Morgan fingerprint density at radius 1 is 1.19 bits per heavy atom. The van der Waals surface area contributed by atoms with E-state index in [0.717, 1.165) is 48.2 Å². The number of thiocarbonyl (C=S) groups is 1. The summed E-state index contributed by atoms with van der Waals surface area (Å²) in [6.07, 6.45) is 1.31. The van der Waals surface area contributed by atoms with Crippen LogP contribution in [-0.2, 0) is 6.18 Å². The van der Waals surface area contributed by atoms with E-state index in [1.54, 1.807) is 35.7 Å². The van der Waals surface area contributed by atoms with Crippen LogP contribution in [0.3, 0.4) is 0 Å². The van der Waals surface area contributed by atoms with Crippen molar-refractivity contribution in [1.29, 1.82) is 0 Å². The smallest absolute Gasteiger partial charge is 0.359 e. The number of benzene rings is 2. The van der Waals surface area contributed by atoms with Gasteiger partial charge in [0.2, 0.25) is 0 Å². The van der Waals surface area contributed by atoms with Gasteiger partial charge in [0.05, 0.1) is 10.6 Å². The molecular formula is C27H27F3N4OS2. The maximum absolute atomic E-state index is 13.2. The Labute approximate surface area is 223 Å². The van der Waals surface area contributed by atoms with Gasteiger partial charge in [0.1, 0.15) is 5.69 Å². The third-order valence-electron chi connectivity index (χ3n) is 6.17. The summed E-state index contributed by atoms with van der Waals surface area (Å²) in [4.78, 5) is 19.7. The van der Waals surface area contributed by atoms with Crippen molar-refractivity contribution < 1.29 is 18.0 Å². The van der Waals surface area contributed by atoms with Gasteiger partial charge in [0.25, 0.3) is 5.91 Å². The number of nitrogens with one attached hydrogen (secondary N) is 2. The van der Waals surface area contributed by atoms with Gasteiger partial charge in [0, 0.05) is 42.2 Å². The normalized spacial score (nSPS) is 14.6. The van der Waals surface area contributed by atoms with E-state index in [1.165, 1.54) is 17.4 Å². The van der Waals surface area contributed by atoms with Crippen LogP contribution in [-0.4, -0.2) is 40.5 Å². The fraction of sp³-hybridized carbons (Fsp3) is 0.296. The van der Waals surface area contributed by atoms with Gasteiger partial charge >= 0.3 is 6.18 Å². The zero-order valence-electron chi connectivity index (χ0n) is 20.2. The second kappa shape index (κ2) is 11.9. The van der Waals surface area contributed by atoms with Gasteiger partial charge in [-0.2, -0.15) is 13.2 Å². The van der Waals surface area contributed by atoms with Crippen LogP contribution in [0.15, 0.2) is 66.1 Å². The first-order chi connectivity index (χ1) is 17.8. The second-order valence-corrected chi connectivity index (χ2v) is 9.94. The number of allylic oxidation sites excluding steroid dienone is 1. The van der Waals surface area contributed by atoms with Crippen LogP contribution in [0.4, 0.5) is 18.9 Å². The first kappa shape index (κ1) is 26.8. The number of amides is 1. The molecule has 1 aromatic heterocycles. The summed E-state index contributed by atoms with van der Waals surface area (Å²) in [5, 5.41) is 9.44. The molecule has 0 saturated carbocycles. The number of aromatic nitrogens is 1. The van der Waals surface area contributed by atoms with Crippen molar-refractivity contribution in [3.05, 3.63) is 82.3 Å². The number of para-hydroxylation sites is 1. The summed E-state index contributed by atoms with van der Waals surface area (Å²) >= 11 is 6.93. The monoisotopic (exact) mass is 544 g/mol. The Bertz CT molecular complexity index is 1280. The number of nitrogens with zero attached hydrogens (tertiary/aromatic N) is 2. The molecule has 2 aromatic carbocycles. The Balaban J connectivity index is 1.41. The minimum atomic E-state index is -4.45. The fourth-order valence-electron chi connectivity index (χ4n) is 4.18. The Kier molecular flexibility index (Phi) is 8.60. The second-order valence-electron chi connectivity index (χ2n) is 8.67. The number of carbonyl (C=O) groups is 1. The van der Waals surface area contributed by atoms with Gasteiger partial charge in [-0.05, 0) is 55.7 Å². The molecule has 4 rings (SSSR count). The van der Waals surface area contributed by atoms with Gasteiger partial charge in [-0.15, -0.1) is 11.3 Å². The van der Waals surface area contributed by atoms with Crippen LogP contribution in [0.2, 0.25) is 0 Å². The van der Waals surface area contributed by atoms with Gasteiger partial charge in [-0.25, -0.2) is 4.98 Å². The van der Waals surface area contributed by atoms with Gasteiger partial charge < -0.3 is 15.5 Å². The lowest BCUT2D eigenvalue weighted by molar-refractivity contribution is -0.137. The highest BCUT2D eigenvalue weighted by Crippen LogP contribution is 2.35. The molecule has 5 nitrogen and oxygen atoms in total. The molecule has 1 aliphatic heterocycles. The Morgan fingerprint density at radius 2 is 1.95 bits per heavy atom. The summed E-state index contributed by atoms with van der Waals surface area (Å²) in [7, 11) is 0. The molecule has 0 radical (unpaired) electrons. The van der Waals surface area contributed by atoms with E-state index in [1.807, 2.05) is 19.1 Å². The lowest BCUT2D eigenvalue weighted by Gasteiger charge is -2.33. The molecule has 2 N–H and O–H groups in total. The third-order valence-corrected chi connectivity index (χ3v) is 7.58. The number of carbonyl (C=O) groups excluding carboxylic acids is 1. The molecule has 10 heteroatoms. The molecule has 0 unspecified atom stereocenters. The number of rotatable bonds is 6. The third kappa shape index (κ3) is 6.75. The molecule has 3 aromatic rings. The number of piperidine rings is 1. The van der Waals surface area contributed by atoms with Crippen molar-refractivity contribution in [1.82, 2.24) is 15.2 Å².